The van der Waals surface area contributed by atoms with Crippen LogP contribution < -0.4 is 0 Å². The van der Waals surface area contributed by atoms with Crippen LogP contribution in [0, 0.1) is 10.1 Å². The average molecular weight is 322 g/mol. The van der Waals surface area contributed by atoms with Gasteiger partial charge in [-0.05, 0) is 17.7 Å². The number of nitro benzene ring substituents is 1. The van der Waals surface area contributed by atoms with Gasteiger partial charge in [0.05, 0.1) is 17.7 Å². The second kappa shape index (κ2) is 5.54. The highest BCUT2D eigenvalue weighted by molar-refractivity contribution is 5.84. The highest BCUT2D eigenvalue weighted by Crippen LogP contribution is 2.24. The molecule has 4 rings (SSSR count). The Kier molecular flexibility index (Phi) is 3.23. The second-order valence-corrected chi connectivity index (χ2v) is 5.05. The van der Waals surface area contributed by atoms with E-state index in [9.17, 15) is 10.1 Å². The van der Waals surface area contributed by atoms with E-state index in [1.807, 2.05) is 0 Å². The van der Waals surface area contributed by atoms with Crippen molar-refractivity contribution in [1.29, 1.82) is 0 Å². The number of aromatic nitrogens is 5. The average Bonchev–Trinajstić information content (AvgIpc) is 3.25. The Bertz CT molecular complexity index is 1020. The number of nitro groups is 1. The van der Waals surface area contributed by atoms with Gasteiger partial charge in [0.15, 0.2) is 16.9 Å². The van der Waals surface area contributed by atoms with Gasteiger partial charge in [-0.15, -0.1) is 5.10 Å². The Morgan fingerprint density at radius 2 is 2.12 bits per heavy atom. The molecule has 4 aromatic rings. The number of non-ortho nitro benzene ring substituents is 1. The van der Waals surface area contributed by atoms with Crippen molar-refractivity contribution >= 4 is 16.9 Å². The molecule has 0 aliphatic rings. The molecule has 3 heterocycles. The van der Waals surface area contributed by atoms with Gasteiger partial charge in [-0.1, -0.05) is 17.3 Å². The first-order valence-electron chi connectivity index (χ1n) is 7.04. The SMILES string of the molecule is O=[N+]([O-])c1cccc(Cn2nnc3c(-c4ccco4)ncnc32)c1. The Balaban J connectivity index is 1.75. The van der Waals surface area contributed by atoms with Gasteiger partial charge in [0.1, 0.15) is 12.0 Å². The van der Waals surface area contributed by atoms with Crippen LogP contribution >= 0.6 is 0 Å². The maximum absolute atomic E-state index is 10.9. The first kappa shape index (κ1) is 14.0. The molecule has 9 heteroatoms. The summed E-state index contributed by atoms with van der Waals surface area (Å²) in [4.78, 5) is 18.9. The summed E-state index contributed by atoms with van der Waals surface area (Å²) in [7, 11) is 0. The molecule has 9 nitrogen and oxygen atoms in total. The highest BCUT2D eigenvalue weighted by atomic mass is 16.6. The van der Waals surface area contributed by atoms with Crippen LogP contribution in [0.25, 0.3) is 22.6 Å². The molecule has 24 heavy (non-hydrogen) atoms. The van der Waals surface area contributed by atoms with Crippen molar-refractivity contribution in [3.05, 3.63) is 64.7 Å². The molecule has 0 bridgehead atoms. The van der Waals surface area contributed by atoms with Gasteiger partial charge >= 0.3 is 0 Å². The van der Waals surface area contributed by atoms with E-state index < -0.39 is 4.92 Å². The summed E-state index contributed by atoms with van der Waals surface area (Å²) in [6.45, 7) is 0.312. The molecule has 1 aromatic carbocycles. The summed E-state index contributed by atoms with van der Waals surface area (Å²) in [5.41, 5.74) is 2.35. The summed E-state index contributed by atoms with van der Waals surface area (Å²) >= 11 is 0. The molecule has 0 fully saturated rings. The minimum Gasteiger partial charge on any atom is -0.463 e. The number of nitrogens with zero attached hydrogens (tertiary/aromatic N) is 6. The van der Waals surface area contributed by atoms with E-state index in [0.29, 0.717) is 29.2 Å². The van der Waals surface area contributed by atoms with Crippen molar-refractivity contribution in [2.75, 3.05) is 0 Å². The molecular formula is C15H10N6O3. The maximum atomic E-state index is 10.9. The smallest absolute Gasteiger partial charge is 0.269 e. The van der Waals surface area contributed by atoms with Crippen LogP contribution in [0.2, 0.25) is 0 Å². The minimum absolute atomic E-state index is 0.0304. The van der Waals surface area contributed by atoms with Crippen LogP contribution in [0.15, 0.2) is 53.4 Å². The molecule has 0 N–H and O–H groups in total. The molecular weight excluding hydrogens is 312 g/mol. The third-order valence-corrected chi connectivity index (χ3v) is 3.51. The summed E-state index contributed by atoms with van der Waals surface area (Å²) in [5.74, 6) is 0.574. The van der Waals surface area contributed by atoms with Crippen molar-refractivity contribution in [3.63, 3.8) is 0 Å². The van der Waals surface area contributed by atoms with Crippen LogP contribution in [0.3, 0.4) is 0 Å². The maximum Gasteiger partial charge on any atom is 0.269 e. The van der Waals surface area contributed by atoms with Crippen molar-refractivity contribution in [3.8, 4) is 11.5 Å². The van der Waals surface area contributed by atoms with E-state index >= 15 is 0 Å². The van der Waals surface area contributed by atoms with E-state index in [2.05, 4.69) is 20.3 Å². The van der Waals surface area contributed by atoms with E-state index in [4.69, 9.17) is 4.42 Å². The summed E-state index contributed by atoms with van der Waals surface area (Å²) < 4.78 is 6.93. The van der Waals surface area contributed by atoms with Gasteiger partial charge in [0.25, 0.3) is 5.69 Å². The number of fused-ring (bicyclic) bond motifs is 1. The number of benzene rings is 1. The zero-order chi connectivity index (χ0) is 16.5. The minimum atomic E-state index is -0.430. The second-order valence-electron chi connectivity index (χ2n) is 5.05. The lowest BCUT2D eigenvalue weighted by Crippen LogP contribution is -2.03. The van der Waals surface area contributed by atoms with Crippen LogP contribution in [0.4, 0.5) is 5.69 Å². The topological polar surface area (TPSA) is 113 Å². The third kappa shape index (κ3) is 2.37. The fourth-order valence-electron chi connectivity index (χ4n) is 2.43. The van der Waals surface area contributed by atoms with Crippen LogP contribution in [0.5, 0.6) is 0 Å². The fraction of sp³-hybridized carbons (Fsp3) is 0.0667. The Hall–Kier alpha value is -3.62. The monoisotopic (exact) mass is 322 g/mol. The molecule has 0 atom stereocenters. The normalized spacial score (nSPS) is 11.0. The van der Waals surface area contributed by atoms with Gasteiger partial charge in [-0.2, -0.15) is 0 Å². The Labute approximate surface area is 134 Å². The van der Waals surface area contributed by atoms with Gasteiger partial charge in [0.2, 0.25) is 0 Å². The van der Waals surface area contributed by atoms with Crippen LogP contribution in [-0.4, -0.2) is 29.9 Å². The summed E-state index contributed by atoms with van der Waals surface area (Å²) in [5, 5.41) is 19.1. The van der Waals surface area contributed by atoms with Crippen molar-refractivity contribution in [2.24, 2.45) is 0 Å². The Morgan fingerprint density at radius 1 is 1.21 bits per heavy atom. The predicted molar refractivity (Wildman–Crippen MR) is 83.0 cm³/mol. The van der Waals surface area contributed by atoms with E-state index in [-0.39, 0.29) is 5.69 Å². The van der Waals surface area contributed by atoms with E-state index in [1.54, 1.807) is 35.2 Å². The molecule has 0 aliphatic carbocycles. The number of rotatable bonds is 4. The molecule has 0 amide bonds. The molecule has 3 aromatic heterocycles. The zero-order valence-corrected chi connectivity index (χ0v) is 12.2. The number of hydrogen-bond donors (Lipinski definition) is 0. The van der Waals surface area contributed by atoms with Crippen LogP contribution in [0.1, 0.15) is 5.56 Å². The quantitative estimate of drug-likeness (QED) is 0.419. The van der Waals surface area contributed by atoms with Gasteiger partial charge in [0, 0.05) is 12.1 Å². The van der Waals surface area contributed by atoms with Gasteiger partial charge < -0.3 is 4.42 Å². The lowest BCUT2D eigenvalue weighted by molar-refractivity contribution is -0.384. The van der Waals surface area contributed by atoms with Crippen molar-refractivity contribution in [2.45, 2.75) is 6.54 Å². The number of hydrogen-bond acceptors (Lipinski definition) is 7. The van der Waals surface area contributed by atoms with Gasteiger partial charge in [-0.3, -0.25) is 10.1 Å². The largest absolute Gasteiger partial charge is 0.463 e. The molecule has 0 aliphatic heterocycles. The molecule has 0 saturated heterocycles. The fourth-order valence-corrected chi connectivity index (χ4v) is 2.43. The molecule has 0 saturated carbocycles. The lowest BCUT2D eigenvalue weighted by atomic mass is 10.2. The summed E-state index contributed by atoms with van der Waals surface area (Å²) in [6.07, 6.45) is 2.96. The van der Waals surface area contributed by atoms with Crippen LogP contribution in [-0.2, 0) is 6.54 Å². The van der Waals surface area contributed by atoms with E-state index in [1.165, 1.54) is 18.5 Å². The molecule has 0 radical (unpaired) electrons. The number of furan rings is 1. The molecule has 0 spiro atoms. The zero-order valence-electron chi connectivity index (χ0n) is 12.2. The Morgan fingerprint density at radius 3 is 2.92 bits per heavy atom. The van der Waals surface area contributed by atoms with Crippen molar-refractivity contribution in [1.82, 2.24) is 25.0 Å². The summed E-state index contributed by atoms with van der Waals surface area (Å²) in [6, 6.07) is 9.91. The predicted octanol–water partition coefficient (Wildman–Crippen LogP) is 2.44. The third-order valence-electron chi connectivity index (χ3n) is 3.51. The van der Waals surface area contributed by atoms with E-state index in [0.717, 1.165) is 5.56 Å². The first-order chi connectivity index (χ1) is 11.7. The molecule has 118 valence electrons. The standard InChI is InChI=1S/C15H10N6O3/c22-21(23)11-4-1-3-10(7-11)8-20-15-14(18-19-20)13(16-9-17-15)12-5-2-6-24-12/h1-7,9H,8H2. The lowest BCUT2D eigenvalue weighted by Gasteiger charge is -2.02. The highest BCUT2D eigenvalue weighted by Gasteiger charge is 2.15. The first-order valence-corrected chi connectivity index (χ1v) is 7.04. The molecule has 0 unspecified atom stereocenters. The van der Waals surface area contributed by atoms with Crippen molar-refractivity contribution < 1.29 is 9.34 Å². The van der Waals surface area contributed by atoms with Gasteiger partial charge in [-0.25, -0.2) is 14.6 Å².